The lowest BCUT2D eigenvalue weighted by molar-refractivity contribution is -0.122. The highest BCUT2D eigenvalue weighted by Crippen LogP contribution is 2.18. The zero-order valence-electron chi connectivity index (χ0n) is 15.5. The molecular formula is C19H28N2O4S. The molecule has 0 bridgehead atoms. The van der Waals surface area contributed by atoms with Gasteiger partial charge in [-0.1, -0.05) is 44.2 Å². The van der Waals surface area contributed by atoms with E-state index in [9.17, 15) is 18.0 Å². The predicted molar refractivity (Wildman–Crippen MR) is 101 cm³/mol. The summed E-state index contributed by atoms with van der Waals surface area (Å²) in [5.74, 6) is -0.400. The highest BCUT2D eigenvalue weighted by molar-refractivity contribution is 7.89. The number of nitrogens with zero attached hydrogens (tertiary/aromatic N) is 1. The summed E-state index contributed by atoms with van der Waals surface area (Å²) in [5.41, 5.74) is 0.452. The van der Waals surface area contributed by atoms with Gasteiger partial charge in [-0.2, -0.15) is 4.31 Å². The molecule has 0 saturated heterocycles. The van der Waals surface area contributed by atoms with Crippen LogP contribution in [-0.4, -0.2) is 44.0 Å². The first-order chi connectivity index (χ1) is 12.3. The first kappa shape index (κ1) is 20.6. The van der Waals surface area contributed by atoms with Crippen LogP contribution in [-0.2, 0) is 14.8 Å². The van der Waals surface area contributed by atoms with Gasteiger partial charge >= 0.3 is 0 Å². The fraction of sp³-hybridized carbons (Fsp3) is 0.579. The van der Waals surface area contributed by atoms with Gasteiger partial charge in [0.1, 0.15) is 0 Å². The monoisotopic (exact) mass is 380 g/mol. The molecule has 1 aromatic carbocycles. The van der Waals surface area contributed by atoms with E-state index in [0.29, 0.717) is 5.56 Å². The molecule has 0 unspecified atom stereocenters. The maximum Gasteiger partial charge on any atom is 0.243 e. The number of Topliss-reactive ketones (excluding diaryl/α,β-unsaturated/α-hetero) is 1. The predicted octanol–water partition coefficient (Wildman–Crippen LogP) is 2.74. The standard InChI is InChI=1S/C19H28N2O4S/c1-15(22)16-10-12-18(13-11-16)26(24,25)21(2)14-19(23)20-17-8-6-4-3-5-7-9-17/h10-13,17H,3-9,14H2,1-2H3,(H,20,23). The highest BCUT2D eigenvalue weighted by atomic mass is 32.2. The van der Waals surface area contributed by atoms with Crippen molar-refractivity contribution in [1.29, 1.82) is 0 Å². The Morgan fingerprint density at radius 2 is 1.58 bits per heavy atom. The number of amides is 1. The van der Waals surface area contributed by atoms with Crippen LogP contribution < -0.4 is 5.32 Å². The lowest BCUT2D eigenvalue weighted by Gasteiger charge is -2.23. The van der Waals surface area contributed by atoms with Crippen molar-refractivity contribution in [3.8, 4) is 0 Å². The Labute approximate surface area is 156 Å². The second-order valence-corrected chi connectivity index (χ2v) is 9.00. The highest BCUT2D eigenvalue weighted by Gasteiger charge is 2.24. The average molecular weight is 381 g/mol. The van der Waals surface area contributed by atoms with E-state index in [0.717, 1.165) is 30.0 Å². The molecule has 0 aromatic heterocycles. The van der Waals surface area contributed by atoms with Gasteiger partial charge < -0.3 is 5.32 Å². The summed E-state index contributed by atoms with van der Waals surface area (Å²) in [6.45, 7) is 1.21. The largest absolute Gasteiger partial charge is 0.352 e. The lowest BCUT2D eigenvalue weighted by atomic mass is 9.97. The molecule has 1 N–H and O–H groups in total. The maximum absolute atomic E-state index is 12.6. The molecule has 0 atom stereocenters. The zero-order chi connectivity index (χ0) is 19.2. The first-order valence-corrected chi connectivity index (χ1v) is 10.6. The van der Waals surface area contributed by atoms with Crippen molar-refractivity contribution < 1.29 is 18.0 Å². The summed E-state index contributed by atoms with van der Waals surface area (Å²) in [4.78, 5) is 23.7. The number of carbonyl (C=O) groups excluding carboxylic acids is 2. The molecule has 0 radical (unpaired) electrons. The number of sulfonamides is 1. The van der Waals surface area contributed by atoms with E-state index in [2.05, 4.69) is 5.32 Å². The number of hydrogen-bond acceptors (Lipinski definition) is 4. The third-order valence-electron chi connectivity index (χ3n) is 4.81. The van der Waals surface area contributed by atoms with Crippen molar-refractivity contribution in [1.82, 2.24) is 9.62 Å². The molecule has 0 heterocycles. The summed E-state index contributed by atoms with van der Waals surface area (Å²) < 4.78 is 26.3. The normalized spacial score (nSPS) is 16.7. The van der Waals surface area contributed by atoms with Gasteiger partial charge in [0.25, 0.3) is 0 Å². The van der Waals surface area contributed by atoms with Crippen molar-refractivity contribution >= 4 is 21.7 Å². The molecule has 26 heavy (non-hydrogen) atoms. The number of carbonyl (C=O) groups is 2. The summed E-state index contributed by atoms with van der Waals surface area (Å²) in [5, 5.41) is 2.98. The molecule has 0 aliphatic heterocycles. The van der Waals surface area contributed by atoms with Crippen molar-refractivity contribution in [2.45, 2.75) is 62.8 Å². The Bertz CT molecular complexity index is 720. The zero-order valence-corrected chi connectivity index (χ0v) is 16.3. The molecule has 1 saturated carbocycles. The number of likely N-dealkylation sites (N-methyl/N-ethyl adjacent to an activating group) is 1. The van der Waals surface area contributed by atoms with E-state index in [4.69, 9.17) is 0 Å². The van der Waals surface area contributed by atoms with Crippen LogP contribution in [0.3, 0.4) is 0 Å². The third kappa shape index (κ3) is 5.64. The topological polar surface area (TPSA) is 83.6 Å². The quantitative estimate of drug-likeness (QED) is 0.769. The van der Waals surface area contributed by atoms with Gasteiger partial charge in [-0.05, 0) is 31.9 Å². The minimum Gasteiger partial charge on any atom is -0.352 e. The molecule has 1 aliphatic carbocycles. The Morgan fingerprint density at radius 1 is 1.04 bits per heavy atom. The molecule has 1 amide bonds. The van der Waals surface area contributed by atoms with Crippen molar-refractivity contribution in [2.75, 3.05) is 13.6 Å². The minimum absolute atomic E-state index is 0.0729. The first-order valence-electron chi connectivity index (χ1n) is 9.17. The Kier molecular flexibility index (Phi) is 7.34. The van der Waals surface area contributed by atoms with Crippen LogP contribution in [0, 0.1) is 0 Å². The molecule has 1 aromatic rings. The summed E-state index contributed by atoms with van der Waals surface area (Å²) >= 11 is 0. The molecule has 0 spiro atoms. The second kappa shape index (κ2) is 9.28. The Balaban J connectivity index is 1.96. The van der Waals surface area contributed by atoms with Crippen molar-refractivity contribution in [2.24, 2.45) is 0 Å². The number of hydrogen-bond donors (Lipinski definition) is 1. The molecule has 144 valence electrons. The lowest BCUT2D eigenvalue weighted by Crippen LogP contribution is -2.42. The van der Waals surface area contributed by atoms with Crippen LogP contribution in [0.1, 0.15) is 62.2 Å². The van der Waals surface area contributed by atoms with E-state index in [1.807, 2.05) is 0 Å². The summed E-state index contributed by atoms with van der Waals surface area (Å²) in [6.07, 6.45) is 7.74. The number of nitrogens with one attached hydrogen (secondary N) is 1. The molecule has 1 aliphatic rings. The van der Waals surface area contributed by atoms with E-state index in [1.54, 1.807) is 0 Å². The van der Waals surface area contributed by atoms with Crippen LogP contribution in [0.15, 0.2) is 29.2 Å². The second-order valence-electron chi connectivity index (χ2n) is 6.95. The number of ketones is 1. The molecule has 1 fully saturated rings. The van der Waals surface area contributed by atoms with Gasteiger partial charge in [-0.25, -0.2) is 8.42 Å². The van der Waals surface area contributed by atoms with Gasteiger partial charge in [0, 0.05) is 18.7 Å². The van der Waals surface area contributed by atoms with Crippen LogP contribution in [0.25, 0.3) is 0 Å². The number of rotatable bonds is 6. The molecule has 2 rings (SSSR count). The summed E-state index contributed by atoms with van der Waals surface area (Å²) in [7, 11) is -2.37. The molecule has 6 nitrogen and oxygen atoms in total. The van der Waals surface area contributed by atoms with Crippen molar-refractivity contribution in [3.63, 3.8) is 0 Å². The van der Waals surface area contributed by atoms with Crippen LogP contribution in [0.2, 0.25) is 0 Å². The van der Waals surface area contributed by atoms with Gasteiger partial charge in [-0.15, -0.1) is 0 Å². The average Bonchev–Trinajstić information content (AvgIpc) is 2.57. The van der Waals surface area contributed by atoms with E-state index in [-0.39, 0.29) is 29.2 Å². The van der Waals surface area contributed by atoms with Crippen LogP contribution in [0.4, 0.5) is 0 Å². The number of benzene rings is 1. The van der Waals surface area contributed by atoms with Gasteiger partial charge in [0.2, 0.25) is 15.9 Å². The van der Waals surface area contributed by atoms with Gasteiger partial charge in [0.15, 0.2) is 5.78 Å². The smallest absolute Gasteiger partial charge is 0.243 e. The van der Waals surface area contributed by atoms with Gasteiger partial charge in [0.05, 0.1) is 11.4 Å². The molecule has 7 heteroatoms. The van der Waals surface area contributed by atoms with Crippen LogP contribution in [0.5, 0.6) is 0 Å². The molecular weight excluding hydrogens is 352 g/mol. The fourth-order valence-electron chi connectivity index (χ4n) is 3.20. The Morgan fingerprint density at radius 3 is 2.12 bits per heavy atom. The van der Waals surface area contributed by atoms with Crippen LogP contribution >= 0.6 is 0 Å². The minimum atomic E-state index is -3.77. The van der Waals surface area contributed by atoms with E-state index < -0.39 is 10.0 Å². The summed E-state index contributed by atoms with van der Waals surface area (Å²) in [6, 6.07) is 5.90. The van der Waals surface area contributed by atoms with E-state index >= 15 is 0 Å². The Hall–Kier alpha value is -1.73. The van der Waals surface area contributed by atoms with E-state index in [1.165, 1.54) is 57.5 Å². The third-order valence-corrected chi connectivity index (χ3v) is 6.62. The SMILES string of the molecule is CC(=O)c1ccc(S(=O)(=O)N(C)CC(=O)NC2CCCCCCC2)cc1. The van der Waals surface area contributed by atoms with Crippen molar-refractivity contribution in [3.05, 3.63) is 29.8 Å². The fourth-order valence-corrected chi connectivity index (χ4v) is 4.33. The maximum atomic E-state index is 12.6. The van der Waals surface area contributed by atoms with Gasteiger partial charge in [-0.3, -0.25) is 9.59 Å².